The van der Waals surface area contributed by atoms with Crippen molar-refractivity contribution in [3.8, 4) is 0 Å². The van der Waals surface area contributed by atoms with E-state index in [0.717, 1.165) is 26.1 Å². The highest BCUT2D eigenvalue weighted by atomic mass is 35.7. The van der Waals surface area contributed by atoms with Gasteiger partial charge in [0.05, 0.1) is 0 Å². The summed E-state index contributed by atoms with van der Waals surface area (Å²) in [6, 6.07) is 0. The second-order valence-electron chi connectivity index (χ2n) is 3.13. The summed E-state index contributed by atoms with van der Waals surface area (Å²) in [4.78, 5) is 2.22. The van der Waals surface area contributed by atoms with Crippen LogP contribution in [0.5, 0.6) is 0 Å². The summed E-state index contributed by atoms with van der Waals surface area (Å²) in [5.74, 6) is 0. The van der Waals surface area contributed by atoms with Gasteiger partial charge in [-0.15, -0.1) is 0 Å². The van der Waals surface area contributed by atoms with Crippen molar-refractivity contribution in [2.45, 2.75) is 13.3 Å². The predicted molar refractivity (Wildman–Crippen MR) is 53.1 cm³/mol. The van der Waals surface area contributed by atoms with Crippen LogP contribution < -0.4 is 0 Å². The summed E-state index contributed by atoms with van der Waals surface area (Å²) in [5.41, 5.74) is 0. The molecule has 1 aliphatic heterocycles. The Hall–Kier alpha value is 0.160. The first-order valence-electron chi connectivity index (χ1n) is 4.46. The van der Waals surface area contributed by atoms with Crippen LogP contribution >= 0.6 is 10.7 Å². The summed E-state index contributed by atoms with van der Waals surface area (Å²) < 4.78 is 23.4. The van der Waals surface area contributed by atoms with Crippen molar-refractivity contribution in [1.82, 2.24) is 9.21 Å². The van der Waals surface area contributed by atoms with E-state index in [9.17, 15) is 8.42 Å². The Labute approximate surface area is 84.0 Å². The van der Waals surface area contributed by atoms with Crippen molar-refractivity contribution in [3.05, 3.63) is 0 Å². The van der Waals surface area contributed by atoms with Gasteiger partial charge in [0.2, 0.25) is 0 Å². The van der Waals surface area contributed by atoms with Crippen LogP contribution in [0.25, 0.3) is 0 Å². The third kappa shape index (κ3) is 3.42. The standard InChI is InChI=1S/C7H15ClN2O2S/c1-2-9-4-3-5-10(7-6-9)13(8,11)12/h2-7H2,1H3. The first kappa shape index (κ1) is 11.2. The van der Waals surface area contributed by atoms with E-state index in [2.05, 4.69) is 11.8 Å². The van der Waals surface area contributed by atoms with Gasteiger partial charge in [0.1, 0.15) is 0 Å². The molecule has 0 N–H and O–H groups in total. The third-order valence-electron chi connectivity index (χ3n) is 2.30. The van der Waals surface area contributed by atoms with Crippen LogP contribution in [0, 0.1) is 0 Å². The third-order valence-corrected chi connectivity index (χ3v) is 3.87. The van der Waals surface area contributed by atoms with Crippen LogP contribution in [0.3, 0.4) is 0 Å². The molecule has 1 saturated heterocycles. The monoisotopic (exact) mass is 226 g/mol. The highest BCUT2D eigenvalue weighted by Crippen LogP contribution is 2.10. The quantitative estimate of drug-likeness (QED) is 0.644. The lowest BCUT2D eigenvalue weighted by Crippen LogP contribution is -2.32. The molecule has 0 aromatic rings. The summed E-state index contributed by atoms with van der Waals surface area (Å²) in [5, 5.41) is 0. The van der Waals surface area contributed by atoms with E-state index in [1.165, 1.54) is 4.31 Å². The van der Waals surface area contributed by atoms with Gasteiger partial charge in [-0.2, -0.15) is 12.7 Å². The number of nitrogens with zero attached hydrogens (tertiary/aromatic N) is 2. The first-order valence-corrected chi connectivity index (χ1v) is 6.72. The van der Waals surface area contributed by atoms with Crippen LogP contribution in [0.1, 0.15) is 13.3 Å². The smallest absolute Gasteiger partial charge is 0.299 e. The number of hydrogen-bond donors (Lipinski definition) is 0. The van der Waals surface area contributed by atoms with Gasteiger partial charge in [-0.25, -0.2) is 0 Å². The van der Waals surface area contributed by atoms with Crippen LogP contribution in [0.2, 0.25) is 0 Å². The number of likely N-dealkylation sites (N-methyl/N-ethyl adjacent to an activating group) is 1. The van der Waals surface area contributed by atoms with Crippen molar-refractivity contribution in [2.75, 3.05) is 32.7 Å². The molecule has 1 heterocycles. The van der Waals surface area contributed by atoms with Crippen molar-refractivity contribution >= 4 is 19.9 Å². The maximum absolute atomic E-state index is 11.0. The molecule has 6 heteroatoms. The van der Waals surface area contributed by atoms with Crippen LogP contribution in [-0.2, 0) is 9.24 Å². The Morgan fingerprint density at radius 1 is 1.23 bits per heavy atom. The Bertz CT molecular complexity index is 255. The molecule has 0 spiro atoms. The lowest BCUT2D eigenvalue weighted by atomic mass is 10.4. The van der Waals surface area contributed by atoms with E-state index in [-0.39, 0.29) is 0 Å². The van der Waals surface area contributed by atoms with E-state index < -0.39 is 9.24 Å². The maximum Gasteiger partial charge on any atom is 0.299 e. The minimum Gasteiger partial charge on any atom is -0.302 e. The highest BCUT2D eigenvalue weighted by Gasteiger charge is 2.21. The summed E-state index contributed by atoms with van der Waals surface area (Å²) in [7, 11) is 1.75. The minimum absolute atomic E-state index is 0.514. The molecule has 0 aromatic heterocycles. The van der Waals surface area contributed by atoms with Gasteiger partial charge in [-0.05, 0) is 19.5 Å². The average Bonchev–Trinajstić information content (AvgIpc) is 2.26. The van der Waals surface area contributed by atoms with Crippen LogP contribution in [0.15, 0.2) is 0 Å². The summed E-state index contributed by atoms with van der Waals surface area (Å²) in [6.07, 6.45) is 0.861. The molecule has 0 amide bonds. The molecular formula is C7H15ClN2O2S. The van der Waals surface area contributed by atoms with Crippen LogP contribution in [0.4, 0.5) is 0 Å². The fraction of sp³-hybridized carbons (Fsp3) is 1.00. The van der Waals surface area contributed by atoms with Gasteiger partial charge < -0.3 is 4.90 Å². The number of hydrogen-bond acceptors (Lipinski definition) is 3. The van der Waals surface area contributed by atoms with E-state index in [1.54, 1.807) is 0 Å². The lowest BCUT2D eigenvalue weighted by Gasteiger charge is -2.17. The summed E-state index contributed by atoms with van der Waals surface area (Å²) in [6.45, 7) is 5.84. The fourth-order valence-corrected chi connectivity index (χ4v) is 2.54. The molecular weight excluding hydrogens is 212 g/mol. The van der Waals surface area contributed by atoms with Gasteiger partial charge in [-0.1, -0.05) is 6.92 Å². The van der Waals surface area contributed by atoms with E-state index in [4.69, 9.17) is 10.7 Å². The zero-order valence-corrected chi connectivity index (χ0v) is 9.31. The van der Waals surface area contributed by atoms with E-state index in [1.807, 2.05) is 0 Å². The zero-order chi connectivity index (χ0) is 9.90. The van der Waals surface area contributed by atoms with Gasteiger partial charge >= 0.3 is 0 Å². The Kier molecular flexibility index (Phi) is 3.97. The molecule has 1 aliphatic rings. The highest BCUT2D eigenvalue weighted by molar-refractivity contribution is 8.11. The fourth-order valence-electron chi connectivity index (χ4n) is 1.48. The lowest BCUT2D eigenvalue weighted by molar-refractivity contribution is 0.302. The summed E-state index contributed by atoms with van der Waals surface area (Å²) >= 11 is 0. The zero-order valence-electron chi connectivity index (χ0n) is 7.74. The maximum atomic E-state index is 11.0. The Morgan fingerprint density at radius 2 is 1.92 bits per heavy atom. The molecule has 13 heavy (non-hydrogen) atoms. The molecule has 0 bridgehead atoms. The molecule has 4 nitrogen and oxygen atoms in total. The Balaban J connectivity index is 2.55. The topological polar surface area (TPSA) is 40.6 Å². The average molecular weight is 227 g/mol. The molecule has 78 valence electrons. The molecule has 0 aromatic carbocycles. The molecule has 1 rings (SSSR count). The SMILES string of the molecule is CCN1CCCN(S(=O)(=O)Cl)CC1. The Morgan fingerprint density at radius 3 is 2.46 bits per heavy atom. The molecule has 0 atom stereocenters. The normalized spacial score (nSPS) is 22.9. The molecule has 0 saturated carbocycles. The van der Waals surface area contributed by atoms with E-state index in [0.29, 0.717) is 13.1 Å². The van der Waals surface area contributed by atoms with Crippen LogP contribution in [-0.4, -0.2) is 50.3 Å². The minimum atomic E-state index is -3.50. The van der Waals surface area contributed by atoms with Crippen molar-refractivity contribution in [3.63, 3.8) is 0 Å². The predicted octanol–water partition coefficient (Wildman–Crippen LogP) is 0.498. The van der Waals surface area contributed by atoms with Gasteiger partial charge in [0.15, 0.2) is 0 Å². The van der Waals surface area contributed by atoms with Gasteiger partial charge in [0.25, 0.3) is 9.24 Å². The number of halogens is 1. The first-order chi connectivity index (χ1) is 6.04. The molecule has 0 radical (unpaired) electrons. The second-order valence-corrected chi connectivity index (χ2v) is 5.64. The van der Waals surface area contributed by atoms with Crippen molar-refractivity contribution in [2.24, 2.45) is 0 Å². The molecule has 0 aliphatic carbocycles. The second kappa shape index (κ2) is 4.59. The van der Waals surface area contributed by atoms with Gasteiger partial charge in [0, 0.05) is 30.3 Å². The van der Waals surface area contributed by atoms with Crippen molar-refractivity contribution in [1.29, 1.82) is 0 Å². The molecule has 0 unspecified atom stereocenters. The van der Waals surface area contributed by atoms with Crippen molar-refractivity contribution < 1.29 is 8.42 Å². The van der Waals surface area contributed by atoms with E-state index >= 15 is 0 Å². The number of rotatable bonds is 2. The molecule has 1 fully saturated rings. The van der Waals surface area contributed by atoms with Gasteiger partial charge in [-0.3, -0.25) is 0 Å². The largest absolute Gasteiger partial charge is 0.302 e.